The number of benzene rings is 1. The molecule has 1 saturated heterocycles. The summed E-state index contributed by atoms with van der Waals surface area (Å²) in [5, 5.41) is 9.24. The first-order chi connectivity index (χ1) is 13.5. The maximum Gasteiger partial charge on any atom is 0.246 e. The molecule has 0 radical (unpaired) electrons. The van der Waals surface area contributed by atoms with Crippen LogP contribution in [-0.2, 0) is 9.53 Å². The van der Waals surface area contributed by atoms with Crippen LogP contribution in [0.2, 0.25) is 0 Å². The number of morpholine rings is 1. The van der Waals surface area contributed by atoms with Gasteiger partial charge < -0.3 is 20.7 Å². The van der Waals surface area contributed by atoms with Crippen molar-refractivity contribution in [2.75, 3.05) is 51.3 Å². The van der Waals surface area contributed by atoms with Crippen LogP contribution in [0.25, 0.3) is 0 Å². The van der Waals surface area contributed by atoms with Crippen LogP contribution >= 0.6 is 0 Å². The lowest BCUT2D eigenvalue weighted by Crippen LogP contribution is -2.52. The van der Waals surface area contributed by atoms with Crippen molar-refractivity contribution in [2.24, 2.45) is 10.9 Å². The lowest BCUT2D eigenvalue weighted by Gasteiger charge is -2.37. The van der Waals surface area contributed by atoms with Gasteiger partial charge >= 0.3 is 0 Å². The normalized spacial score (nSPS) is 16.7. The summed E-state index contributed by atoms with van der Waals surface area (Å²) < 4.78 is 18.4. The second kappa shape index (κ2) is 11.6. The first-order valence-electron chi connectivity index (χ1n) is 9.89. The van der Waals surface area contributed by atoms with Gasteiger partial charge in [-0.3, -0.25) is 9.69 Å². The molecule has 8 heteroatoms. The minimum absolute atomic E-state index is 0.0173. The molecular formula is C20H32FN5O2. The van der Waals surface area contributed by atoms with Crippen molar-refractivity contribution in [1.82, 2.24) is 15.5 Å². The van der Waals surface area contributed by atoms with Gasteiger partial charge in [0.1, 0.15) is 12.4 Å². The Balaban J connectivity index is 1.89. The Hall–Kier alpha value is -2.19. The number of hydrogen-bond donors (Lipinski definition) is 3. The van der Waals surface area contributed by atoms with Gasteiger partial charge in [-0.25, -0.2) is 9.38 Å². The van der Waals surface area contributed by atoms with E-state index in [9.17, 15) is 9.18 Å². The van der Waals surface area contributed by atoms with E-state index in [1.54, 1.807) is 0 Å². The van der Waals surface area contributed by atoms with E-state index in [1.165, 1.54) is 24.3 Å². The summed E-state index contributed by atoms with van der Waals surface area (Å²) in [5.74, 6) is 0.498. The van der Waals surface area contributed by atoms with E-state index >= 15 is 0 Å². The molecular weight excluding hydrogens is 361 g/mol. The van der Waals surface area contributed by atoms with Crippen LogP contribution in [0.1, 0.15) is 20.8 Å². The van der Waals surface area contributed by atoms with E-state index in [2.05, 4.69) is 39.7 Å². The van der Waals surface area contributed by atoms with Crippen molar-refractivity contribution in [3.8, 4) is 0 Å². The molecule has 0 spiro atoms. The number of aliphatic imine (C=N–C) groups is 1. The average Bonchev–Trinajstić information content (AvgIpc) is 2.68. The van der Waals surface area contributed by atoms with Gasteiger partial charge in [-0.15, -0.1) is 0 Å². The number of amides is 1. The van der Waals surface area contributed by atoms with Gasteiger partial charge in [-0.2, -0.15) is 0 Å². The maximum atomic E-state index is 12.9. The van der Waals surface area contributed by atoms with Gasteiger partial charge in [0.05, 0.1) is 13.2 Å². The molecule has 2 rings (SSSR count). The van der Waals surface area contributed by atoms with E-state index in [0.717, 1.165) is 32.8 Å². The van der Waals surface area contributed by atoms with Crippen molar-refractivity contribution in [1.29, 1.82) is 0 Å². The molecule has 0 aromatic heterocycles. The fourth-order valence-corrected chi connectivity index (χ4v) is 3.12. The van der Waals surface area contributed by atoms with Gasteiger partial charge in [0.2, 0.25) is 5.91 Å². The predicted octanol–water partition coefficient (Wildman–Crippen LogP) is 1.68. The zero-order valence-electron chi connectivity index (χ0n) is 17.0. The number of carbonyl (C=O) groups is 1. The van der Waals surface area contributed by atoms with Crippen molar-refractivity contribution >= 4 is 17.6 Å². The van der Waals surface area contributed by atoms with E-state index in [1.807, 2.05) is 6.92 Å². The lowest BCUT2D eigenvalue weighted by molar-refractivity contribution is -0.114. The fourth-order valence-electron chi connectivity index (χ4n) is 3.12. The Bertz CT molecular complexity index is 630. The minimum atomic E-state index is -0.338. The van der Waals surface area contributed by atoms with Crippen molar-refractivity contribution in [2.45, 2.75) is 26.8 Å². The van der Waals surface area contributed by atoms with Crippen molar-refractivity contribution in [3.63, 3.8) is 0 Å². The molecule has 1 atom stereocenters. The molecule has 0 saturated carbocycles. The number of anilines is 1. The van der Waals surface area contributed by atoms with Crippen LogP contribution < -0.4 is 16.0 Å². The summed E-state index contributed by atoms with van der Waals surface area (Å²) in [6.07, 6.45) is 0. The number of carbonyl (C=O) groups excluding carboxylic acids is 1. The first-order valence-corrected chi connectivity index (χ1v) is 9.89. The molecule has 28 heavy (non-hydrogen) atoms. The predicted molar refractivity (Wildman–Crippen MR) is 110 cm³/mol. The molecule has 156 valence electrons. The highest BCUT2D eigenvalue weighted by Crippen LogP contribution is 2.12. The van der Waals surface area contributed by atoms with Gasteiger partial charge in [0, 0.05) is 37.9 Å². The number of rotatable bonds is 8. The molecule has 1 aliphatic rings. The molecule has 1 aromatic rings. The lowest BCUT2D eigenvalue weighted by atomic mass is 10.0. The number of halogens is 1. The first kappa shape index (κ1) is 22.1. The van der Waals surface area contributed by atoms with Crippen LogP contribution in [-0.4, -0.2) is 68.7 Å². The molecule has 1 heterocycles. The summed E-state index contributed by atoms with van der Waals surface area (Å²) in [6.45, 7) is 11.2. The van der Waals surface area contributed by atoms with Crippen LogP contribution in [0.5, 0.6) is 0 Å². The molecule has 1 amide bonds. The summed E-state index contributed by atoms with van der Waals surface area (Å²) >= 11 is 0. The van der Waals surface area contributed by atoms with E-state index < -0.39 is 0 Å². The summed E-state index contributed by atoms with van der Waals surface area (Å²) in [6, 6.07) is 6.02. The standard InChI is InChI=1S/C20H32FN5O2/c1-4-22-20(23-13-18(15(2)3)26-9-11-28-12-10-26)24-14-19(27)25-17-7-5-16(21)6-8-17/h5-8,15,18H,4,9-14H2,1-3H3,(H,25,27)(H2,22,23,24). The zero-order chi connectivity index (χ0) is 20.4. The third-order valence-electron chi connectivity index (χ3n) is 4.62. The molecule has 0 aliphatic carbocycles. The SMILES string of the molecule is CCNC(=NCC(=O)Nc1ccc(F)cc1)NCC(C(C)C)N1CCOCC1. The maximum absolute atomic E-state index is 12.9. The van der Waals surface area contributed by atoms with Crippen molar-refractivity contribution in [3.05, 3.63) is 30.1 Å². The summed E-state index contributed by atoms with van der Waals surface area (Å²) in [7, 11) is 0. The molecule has 1 aliphatic heterocycles. The number of nitrogens with one attached hydrogen (secondary N) is 3. The van der Waals surface area contributed by atoms with Crippen LogP contribution in [0.4, 0.5) is 10.1 Å². The molecule has 0 bridgehead atoms. The van der Waals surface area contributed by atoms with Gasteiger partial charge in [0.25, 0.3) is 0 Å². The molecule has 3 N–H and O–H groups in total. The molecule has 1 aromatic carbocycles. The fraction of sp³-hybridized carbons (Fsp3) is 0.600. The number of ether oxygens (including phenoxy) is 1. The topological polar surface area (TPSA) is 78.0 Å². The molecule has 7 nitrogen and oxygen atoms in total. The second-order valence-corrected chi connectivity index (χ2v) is 7.09. The number of hydrogen-bond acceptors (Lipinski definition) is 4. The van der Waals surface area contributed by atoms with E-state index in [0.29, 0.717) is 30.2 Å². The monoisotopic (exact) mass is 393 g/mol. The molecule has 1 fully saturated rings. The second-order valence-electron chi connectivity index (χ2n) is 7.09. The third kappa shape index (κ3) is 7.44. The molecule has 1 unspecified atom stereocenters. The minimum Gasteiger partial charge on any atom is -0.379 e. The van der Waals surface area contributed by atoms with Crippen LogP contribution in [0.15, 0.2) is 29.3 Å². The Morgan fingerprint density at radius 2 is 1.89 bits per heavy atom. The highest BCUT2D eigenvalue weighted by Gasteiger charge is 2.23. The quantitative estimate of drug-likeness (QED) is 0.463. The summed E-state index contributed by atoms with van der Waals surface area (Å²) in [5.41, 5.74) is 0.548. The third-order valence-corrected chi connectivity index (χ3v) is 4.62. The van der Waals surface area contributed by atoms with Crippen LogP contribution in [0.3, 0.4) is 0 Å². The Labute approximate surface area is 166 Å². The van der Waals surface area contributed by atoms with Crippen molar-refractivity contribution < 1.29 is 13.9 Å². The smallest absolute Gasteiger partial charge is 0.246 e. The number of nitrogens with zero attached hydrogens (tertiary/aromatic N) is 2. The number of guanidine groups is 1. The summed E-state index contributed by atoms with van der Waals surface area (Å²) in [4.78, 5) is 18.9. The Kier molecular flexibility index (Phi) is 9.16. The van der Waals surface area contributed by atoms with E-state index in [4.69, 9.17) is 4.74 Å². The Morgan fingerprint density at radius 1 is 1.21 bits per heavy atom. The highest BCUT2D eigenvalue weighted by molar-refractivity contribution is 5.94. The van der Waals surface area contributed by atoms with Gasteiger partial charge in [-0.05, 0) is 37.1 Å². The Morgan fingerprint density at radius 3 is 2.50 bits per heavy atom. The van der Waals surface area contributed by atoms with Gasteiger partial charge in [0.15, 0.2) is 5.96 Å². The van der Waals surface area contributed by atoms with Gasteiger partial charge in [-0.1, -0.05) is 13.8 Å². The zero-order valence-corrected chi connectivity index (χ0v) is 17.0. The highest BCUT2D eigenvalue weighted by atomic mass is 19.1. The largest absolute Gasteiger partial charge is 0.379 e. The van der Waals surface area contributed by atoms with E-state index in [-0.39, 0.29) is 18.3 Å². The average molecular weight is 394 g/mol. The van der Waals surface area contributed by atoms with Crippen LogP contribution in [0, 0.1) is 11.7 Å².